The lowest BCUT2D eigenvalue weighted by atomic mass is 10.0. The van der Waals surface area contributed by atoms with Gasteiger partial charge < -0.3 is 16.5 Å². The second-order valence-electron chi connectivity index (χ2n) is 4.83. The molecule has 3 aromatic heterocycles. The predicted octanol–water partition coefficient (Wildman–Crippen LogP) is 2.34. The molecule has 0 atom stereocenters. The third-order valence-corrected chi connectivity index (χ3v) is 3.53. The van der Waals surface area contributed by atoms with Crippen molar-refractivity contribution in [1.82, 2.24) is 19.9 Å². The van der Waals surface area contributed by atoms with E-state index in [1.54, 1.807) is 0 Å². The van der Waals surface area contributed by atoms with Crippen LogP contribution in [0.1, 0.15) is 0 Å². The zero-order valence-corrected chi connectivity index (χ0v) is 11.0. The van der Waals surface area contributed by atoms with Crippen LogP contribution in [0, 0.1) is 0 Å². The first-order chi connectivity index (χ1) is 10.2. The van der Waals surface area contributed by atoms with Gasteiger partial charge in [-0.05, 0) is 35.4 Å². The Balaban J connectivity index is 2.04. The Morgan fingerprint density at radius 3 is 2.76 bits per heavy atom. The Morgan fingerprint density at radius 1 is 0.952 bits per heavy atom. The van der Waals surface area contributed by atoms with Crippen LogP contribution in [0.4, 0.5) is 11.6 Å². The maximum Gasteiger partial charge on any atom is 0.140 e. The van der Waals surface area contributed by atoms with Crippen LogP contribution in [0.3, 0.4) is 0 Å². The topological polar surface area (TPSA) is 106 Å². The number of H-pyrrole nitrogens is 1. The van der Waals surface area contributed by atoms with E-state index in [-0.39, 0.29) is 0 Å². The van der Waals surface area contributed by atoms with E-state index in [1.807, 2.05) is 36.5 Å². The highest BCUT2D eigenvalue weighted by Crippen LogP contribution is 2.31. The third kappa shape index (κ3) is 1.77. The number of anilines is 2. The number of pyridine rings is 1. The first kappa shape index (κ1) is 11.7. The fourth-order valence-electron chi connectivity index (χ4n) is 2.54. The first-order valence-electron chi connectivity index (χ1n) is 6.46. The van der Waals surface area contributed by atoms with E-state index in [0.717, 1.165) is 33.1 Å². The Morgan fingerprint density at radius 2 is 1.86 bits per heavy atom. The molecule has 6 nitrogen and oxygen atoms in total. The molecule has 4 aromatic rings. The number of rotatable bonds is 1. The monoisotopic (exact) mass is 276 g/mol. The molecule has 102 valence electrons. The van der Waals surface area contributed by atoms with Crippen LogP contribution in [0.15, 0.2) is 42.9 Å². The maximum atomic E-state index is 5.93. The largest absolute Gasteiger partial charge is 0.384 e. The maximum absolute atomic E-state index is 5.93. The second-order valence-corrected chi connectivity index (χ2v) is 4.83. The number of fused-ring (bicyclic) bond motifs is 2. The van der Waals surface area contributed by atoms with E-state index in [1.165, 1.54) is 6.33 Å². The standard InChI is InChI=1S/C15H12N6/c16-13-6-10(9-3-4-18-15(9)21-13)8-1-2-12-11(5-8)14(17)20-7-19-12/h1-7H,(H3,16,18,21)(H2,17,19,20). The summed E-state index contributed by atoms with van der Waals surface area (Å²) in [6.45, 7) is 0. The summed E-state index contributed by atoms with van der Waals surface area (Å²) in [6.07, 6.45) is 3.31. The molecular formula is C15H12N6. The zero-order valence-electron chi connectivity index (χ0n) is 11.0. The number of nitrogen functional groups attached to an aromatic ring is 2. The Bertz CT molecular complexity index is 972. The molecule has 0 spiro atoms. The number of benzene rings is 1. The lowest BCUT2D eigenvalue weighted by molar-refractivity contribution is 1.23. The predicted molar refractivity (Wildman–Crippen MR) is 83.5 cm³/mol. The molecule has 5 N–H and O–H groups in total. The summed E-state index contributed by atoms with van der Waals surface area (Å²) in [7, 11) is 0. The molecule has 3 heterocycles. The molecule has 0 aliphatic carbocycles. The highest BCUT2D eigenvalue weighted by atomic mass is 14.9. The number of hydrogen-bond donors (Lipinski definition) is 3. The van der Waals surface area contributed by atoms with Crippen LogP contribution < -0.4 is 11.5 Å². The summed E-state index contributed by atoms with van der Waals surface area (Å²) in [4.78, 5) is 15.6. The molecule has 1 aromatic carbocycles. The molecule has 0 saturated carbocycles. The Hall–Kier alpha value is -3.15. The summed E-state index contributed by atoms with van der Waals surface area (Å²) in [5.41, 5.74) is 15.4. The quantitative estimate of drug-likeness (QED) is 0.494. The highest BCUT2D eigenvalue weighted by Gasteiger charge is 2.09. The van der Waals surface area contributed by atoms with Crippen molar-refractivity contribution in [3.8, 4) is 11.1 Å². The summed E-state index contributed by atoms with van der Waals surface area (Å²) < 4.78 is 0. The lowest BCUT2D eigenvalue weighted by Gasteiger charge is -2.07. The van der Waals surface area contributed by atoms with Gasteiger partial charge in [-0.15, -0.1) is 0 Å². The number of hydrogen-bond acceptors (Lipinski definition) is 5. The smallest absolute Gasteiger partial charge is 0.140 e. The molecule has 6 heteroatoms. The van der Waals surface area contributed by atoms with Crippen LogP contribution >= 0.6 is 0 Å². The second kappa shape index (κ2) is 4.17. The third-order valence-electron chi connectivity index (χ3n) is 3.53. The van der Waals surface area contributed by atoms with Gasteiger partial charge >= 0.3 is 0 Å². The van der Waals surface area contributed by atoms with Crippen molar-refractivity contribution < 1.29 is 0 Å². The average molecular weight is 276 g/mol. The molecule has 0 aliphatic heterocycles. The summed E-state index contributed by atoms with van der Waals surface area (Å²) in [6, 6.07) is 9.74. The van der Waals surface area contributed by atoms with E-state index in [2.05, 4.69) is 19.9 Å². The minimum atomic E-state index is 0.467. The van der Waals surface area contributed by atoms with Gasteiger partial charge in [-0.1, -0.05) is 6.07 Å². The van der Waals surface area contributed by atoms with E-state index >= 15 is 0 Å². The lowest BCUT2D eigenvalue weighted by Crippen LogP contribution is -1.94. The van der Waals surface area contributed by atoms with Gasteiger partial charge in [0, 0.05) is 17.0 Å². The van der Waals surface area contributed by atoms with E-state index in [0.29, 0.717) is 11.6 Å². The number of aromatic nitrogens is 4. The van der Waals surface area contributed by atoms with Crippen molar-refractivity contribution in [2.24, 2.45) is 0 Å². The van der Waals surface area contributed by atoms with Crippen LogP contribution in [-0.4, -0.2) is 19.9 Å². The Kier molecular flexibility index (Phi) is 2.32. The Labute approximate surface area is 119 Å². The summed E-state index contributed by atoms with van der Waals surface area (Å²) in [5, 5.41) is 1.84. The van der Waals surface area contributed by atoms with Gasteiger partial charge in [0.2, 0.25) is 0 Å². The van der Waals surface area contributed by atoms with Crippen LogP contribution in [-0.2, 0) is 0 Å². The molecule has 0 fully saturated rings. The van der Waals surface area contributed by atoms with E-state index in [4.69, 9.17) is 11.5 Å². The van der Waals surface area contributed by atoms with Crippen molar-refractivity contribution in [3.05, 3.63) is 42.9 Å². The minimum absolute atomic E-state index is 0.467. The van der Waals surface area contributed by atoms with Crippen molar-refractivity contribution in [3.63, 3.8) is 0 Å². The number of nitrogens with one attached hydrogen (secondary N) is 1. The van der Waals surface area contributed by atoms with Crippen molar-refractivity contribution in [2.45, 2.75) is 0 Å². The van der Waals surface area contributed by atoms with Gasteiger partial charge in [0.25, 0.3) is 0 Å². The zero-order chi connectivity index (χ0) is 14.4. The van der Waals surface area contributed by atoms with Crippen molar-refractivity contribution >= 4 is 33.6 Å². The molecule has 21 heavy (non-hydrogen) atoms. The molecule has 0 unspecified atom stereocenters. The summed E-state index contributed by atoms with van der Waals surface area (Å²) in [5.74, 6) is 0.937. The van der Waals surface area contributed by atoms with Gasteiger partial charge in [-0.3, -0.25) is 0 Å². The van der Waals surface area contributed by atoms with Gasteiger partial charge in [0.15, 0.2) is 0 Å². The molecule has 0 bridgehead atoms. The molecule has 4 rings (SSSR count). The van der Waals surface area contributed by atoms with Crippen LogP contribution in [0.2, 0.25) is 0 Å². The number of nitrogens with zero attached hydrogens (tertiary/aromatic N) is 3. The average Bonchev–Trinajstić information content (AvgIpc) is 2.94. The van der Waals surface area contributed by atoms with Crippen LogP contribution in [0.25, 0.3) is 33.1 Å². The fraction of sp³-hybridized carbons (Fsp3) is 0. The number of nitrogens with two attached hydrogens (primary N) is 2. The summed E-state index contributed by atoms with van der Waals surface area (Å²) >= 11 is 0. The van der Waals surface area contributed by atoms with Gasteiger partial charge in [-0.2, -0.15) is 0 Å². The molecular weight excluding hydrogens is 264 g/mol. The minimum Gasteiger partial charge on any atom is -0.384 e. The van der Waals surface area contributed by atoms with Gasteiger partial charge in [-0.25, -0.2) is 15.0 Å². The van der Waals surface area contributed by atoms with Crippen molar-refractivity contribution in [1.29, 1.82) is 0 Å². The number of aromatic amines is 1. The van der Waals surface area contributed by atoms with Gasteiger partial charge in [0.05, 0.1) is 5.52 Å². The first-order valence-corrected chi connectivity index (χ1v) is 6.46. The molecule has 0 saturated heterocycles. The fourth-order valence-corrected chi connectivity index (χ4v) is 2.54. The van der Waals surface area contributed by atoms with E-state index in [9.17, 15) is 0 Å². The molecule has 0 aliphatic rings. The molecule has 0 amide bonds. The van der Waals surface area contributed by atoms with E-state index < -0.39 is 0 Å². The van der Waals surface area contributed by atoms with Gasteiger partial charge in [0.1, 0.15) is 23.6 Å². The molecule has 0 radical (unpaired) electrons. The normalized spacial score (nSPS) is 11.2. The van der Waals surface area contributed by atoms with Crippen molar-refractivity contribution in [2.75, 3.05) is 11.5 Å². The highest BCUT2D eigenvalue weighted by molar-refractivity contribution is 5.98. The van der Waals surface area contributed by atoms with Crippen LogP contribution in [0.5, 0.6) is 0 Å². The SMILES string of the molecule is Nc1cc(-c2ccc3ncnc(N)c3c2)c2cc[nH]c2n1.